The normalized spacial score (nSPS) is 14.0. The summed E-state index contributed by atoms with van der Waals surface area (Å²) in [5.74, 6) is 0. The average Bonchev–Trinajstić information content (AvgIpc) is 3.93. The molecule has 1 heterocycles. The van der Waals surface area contributed by atoms with E-state index in [2.05, 4.69) is 254 Å². The Hall–Kier alpha value is -7.94. The molecule has 64 heavy (non-hydrogen) atoms. The zero-order valence-corrected chi connectivity index (χ0v) is 35.8. The Morgan fingerprint density at radius 2 is 0.891 bits per heavy atom. The molecule has 0 saturated carbocycles. The third kappa shape index (κ3) is 5.08. The van der Waals surface area contributed by atoms with Gasteiger partial charge in [0.15, 0.2) is 0 Å². The van der Waals surface area contributed by atoms with Crippen molar-refractivity contribution in [2.45, 2.75) is 24.7 Å². The first-order valence-electron chi connectivity index (χ1n) is 22.4. The second-order valence-corrected chi connectivity index (χ2v) is 18.0. The van der Waals surface area contributed by atoms with Gasteiger partial charge in [0.1, 0.15) is 0 Å². The third-order valence-corrected chi connectivity index (χ3v) is 14.4. The minimum absolute atomic E-state index is 0.0813. The lowest BCUT2D eigenvalue weighted by Crippen LogP contribution is -2.28. The molecular formula is C62H44N2. The van der Waals surface area contributed by atoms with Crippen molar-refractivity contribution in [1.82, 2.24) is 4.57 Å². The minimum atomic E-state index is -0.509. The molecule has 302 valence electrons. The fourth-order valence-electron chi connectivity index (χ4n) is 11.6. The molecule has 2 aliphatic carbocycles. The van der Waals surface area contributed by atoms with Crippen molar-refractivity contribution in [3.8, 4) is 27.9 Å². The van der Waals surface area contributed by atoms with Gasteiger partial charge in [0.05, 0.1) is 22.1 Å². The molecule has 1 aromatic heterocycles. The van der Waals surface area contributed by atoms with Crippen molar-refractivity contribution < 1.29 is 0 Å². The highest BCUT2D eigenvalue weighted by Gasteiger charge is 2.46. The van der Waals surface area contributed by atoms with Crippen LogP contribution in [0, 0.1) is 0 Å². The standard InChI is InChI=1S/C62H44N2/c1-61(2)54-28-14-11-27-50(54)51-39-45(33-35-55(51)61)63(58-31-17-19-41-18-9-10-24-47(41)58)46-34-37-60-53(40-46)52-38-43(32-36-59(52)64(60)44-22-7-4-8-23-44)62(42-20-5-3-6-21-42)56-29-15-12-25-48(56)49-26-13-16-30-57(49)62/h3-40H,1-2H3. The van der Waals surface area contributed by atoms with Crippen LogP contribution in [0.15, 0.2) is 231 Å². The Labute approximate surface area is 374 Å². The number of anilines is 3. The molecule has 0 N–H and O–H groups in total. The van der Waals surface area contributed by atoms with E-state index >= 15 is 0 Å². The summed E-state index contributed by atoms with van der Waals surface area (Å²) in [6, 6.07) is 85.9. The zero-order chi connectivity index (χ0) is 42.6. The Morgan fingerprint density at radius 1 is 0.359 bits per heavy atom. The van der Waals surface area contributed by atoms with Crippen molar-refractivity contribution in [3.05, 3.63) is 264 Å². The lowest BCUT2D eigenvalue weighted by atomic mass is 9.67. The van der Waals surface area contributed by atoms with Gasteiger partial charge in [0.2, 0.25) is 0 Å². The molecule has 2 nitrogen and oxygen atoms in total. The number of benzene rings is 10. The molecule has 10 aromatic carbocycles. The summed E-state index contributed by atoms with van der Waals surface area (Å²) in [6.07, 6.45) is 0. The van der Waals surface area contributed by atoms with Crippen LogP contribution >= 0.6 is 0 Å². The van der Waals surface area contributed by atoms with Gasteiger partial charge in [0.25, 0.3) is 0 Å². The quantitative estimate of drug-likeness (QED) is 0.162. The summed E-state index contributed by atoms with van der Waals surface area (Å²) in [5.41, 5.74) is 19.4. The summed E-state index contributed by atoms with van der Waals surface area (Å²) in [5, 5.41) is 4.85. The van der Waals surface area contributed by atoms with Crippen LogP contribution in [-0.4, -0.2) is 4.57 Å². The summed E-state index contributed by atoms with van der Waals surface area (Å²) >= 11 is 0. The molecule has 0 fully saturated rings. The third-order valence-electron chi connectivity index (χ3n) is 14.4. The molecule has 11 aromatic rings. The summed E-state index contributed by atoms with van der Waals surface area (Å²) in [6.45, 7) is 4.71. The monoisotopic (exact) mass is 816 g/mol. The maximum atomic E-state index is 2.50. The molecule has 0 amide bonds. The minimum Gasteiger partial charge on any atom is -0.310 e. The second-order valence-electron chi connectivity index (χ2n) is 18.0. The highest BCUT2D eigenvalue weighted by Crippen LogP contribution is 2.57. The summed E-state index contributed by atoms with van der Waals surface area (Å²) in [4.78, 5) is 2.49. The molecule has 0 radical (unpaired) electrons. The number of rotatable bonds is 6. The van der Waals surface area contributed by atoms with E-state index in [9.17, 15) is 0 Å². The van der Waals surface area contributed by atoms with Crippen LogP contribution in [0.4, 0.5) is 17.1 Å². The summed E-state index contributed by atoms with van der Waals surface area (Å²) in [7, 11) is 0. The van der Waals surface area contributed by atoms with E-state index in [-0.39, 0.29) is 5.41 Å². The van der Waals surface area contributed by atoms with Gasteiger partial charge >= 0.3 is 0 Å². The predicted octanol–water partition coefficient (Wildman–Crippen LogP) is 16.1. The molecule has 0 saturated heterocycles. The van der Waals surface area contributed by atoms with E-state index in [1.807, 2.05) is 0 Å². The Morgan fingerprint density at radius 3 is 1.62 bits per heavy atom. The molecule has 2 heteroatoms. The Kier molecular flexibility index (Phi) is 7.90. The predicted molar refractivity (Wildman–Crippen MR) is 268 cm³/mol. The first-order chi connectivity index (χ1) is 31.5. The van der Waals surface area contributed by atoms with Crippen LogP contribution in [0.3, 0.4) is 0 Å². The average molecular weight is 817 g/mol. The summed E-state index contributed by atoms with van der Waals surface area (Å²) < 4.78 is 2.45. The topological polar surface area (TPSA) is 8.17 Å². The van der Waals surface area contributed by atoms with Crippen molar-refractivity contribution in [1.29, 1.82) is 0 Å². The van der Waals surface area contributed by atoms with Crippen molar-refractivity contribution in [2.75, 3.05) is 4.90 Å². The lowest BCUT2D eigenvalue weighted by Gasteiger charge is -2.34. The van der Waals surface area contributed by atoms with E-state index in [0.29, 0.717) is 0 Å². The van der Waals surface area contributed by atoms with Gasteiger partial charge in [0, 0.05) is 38.6 Å². The Balaban J connectivity index is 1.10. The van der Waals surface area contributed by atoms with Crippen LogP contribution in [-0.2, 0) is 10.8 Å². The van der Waals surface area contributed by atoms with Crippen LogP contribution in [0.5, 0.6) is 0 Å². The lowest BCUT2D eigenvalue weighted by molar-refractivity contribution is 0.660. The number of nitrogens with zero attached hydrogens (tertiary/aromatic N) is 2. The van der Waals surface area contributed by atoms with Crippen LogP contribution in [0.2, 0.25) is 0 Å². The van der Waals surface area contributed by atoms with Crippen LogP contribution in [0.25, 0.3) is 60.5 Å². The van der Waals surface area contributed by atoms with Gasteiger partial charge in [-0.25, -0.2) is 0 Å². The zero-order valence-electron chi connectivity index (χ0n) is 35.8. The second kappa shape index (κ2) is 13.8. The van der Waals surface area contributed by atoms with E-state index < -0.39 is 5.41 Å². The fraction of sp³-hybridized carbons (Fsp3) is 0.0645. The van der Waals surface area contributed by atoms with Gasteiger partial charge < -0.3 is 9.47 Å². The largest absolute Gasteiger partial charge is 0.310 e. The number of hydrogen-bond acceptors (Lipinski definition) is 1. The number of para-hydroxylation sites is 1. The van der Waals surface area contributed by atoms with Gasteiger partial charge in [-0.05, 0) is 122 Å². The highest BCUT2D eigenvalue weighted by molar-refractivity contribution is 6.12. The van der Waals surface area contributed by atoms with Gasteiger partial charge in [-0.1, -0.05) is 184 Å². The number of fused-ring (bicyclic) bond motifs is 10. The van der Waals surface area contributed by atoms with Crippen LogP contribution in [0.1, 0.15) is 47.2 Å². The van der Waals surface area contributed by atoms with E-state index in [4.69, 9.17) is 0 Å². The maximum absolute atomic E-state index is 2.50. The van der Waals surface area contributed by atoms with Crippen molar-refractivity contribution in [2.24, 2.45) is 0 Å². The fourth-order valence-corrected chi connectivity index (χ4v) is 11.6. The van der Waals surface area contributed by atoms with E-state index in [0.717, 1.165) is 22.7 Å². The van der Waals surface area contributed by atoms with Crippen molar-refractivity contribution in [3.63, 3.8) is 0 Å². The molecular weight excluding hydrogens is 773 g/mol. The first-order valence-corrected chi connectivity index (χ1v) is 22.4. The smallest absolute Gasteiger partial charge is 0.0713 e. The highest BCUT2D eigenvalue weighted by atomic mass is 15.1. The van der Waals surface area contributed by atoms with Gasteiger partial charge in [-0.3, -0.25) is 0 Å². The Bertz CT molecular complexity index is 3600. The number of hydrogen-bond donors (Lipinski definition) is 0. The molecule has 0 aliphatic heterocycles. The molecule has 13 rings (SSSR count). The number of aromatic nitrogens is 1. The SMILES string of the molecule is CC1(C)c2ccccc2-c2cc(N(c3ccc4c(c3)c3cc(C5(c6ccccc6)c6ccccc6-c6ccccc65)ccc3n4-c3ccccc3)c3cccc4ccccc34)ccc21. The molecule has 2 aliphatic rings. The molecule has 0 spiro atoms. The van der Waals surface area contributed by atoms with Gasteiger partial charge in [-0.2, -0.15) is 0 Å². The van der Waals surface area contributed by atoms with E-state index in [1.54, 1.807) is 0 Å². The molecule has 0 unspecified atom stereocenters. The molecule has 0 bridgehead atoms. The van der Waals surface area contributed by atoms with Gasteiger partial charge in [-0.15, -0.1) is 0 Å². The molecule has 0 atom stereocenters. The van der Waals surface area contributed by atoms with Crippen LogP contribution < -0.4 is 4.90 Å². The maximum Gasteiger partial charge on any atom is 0.0713 e. The van der Waals surface area contributed by atoms with E-state index in [1.165, 1.54) is 88.2 Å². The first kappa shape index (κ1) is 36.7. The van der Waals surface area contributed by atoms with Crippen molar-refractivity contribution >= 4 is 49.6 Å².